The highest BCUT2D eigenvalue weighted by molar-refractivity contribution is 6.16. The summed E-state index contributed by atoms with van der Waals surface area (Å²) in [6.07, 6.45) is 0. The molecule has 3 heterocycles. The highest BCUT2D eigenvalue weighted by atomic mass is 16.3. The van der Waals surface area contributed by atoms with Crippen LogP contribution in [0.25, 0.3) is 121 Å². The van der Waals surface area contributed by atoms with Crippen LogP contribution in [0.2, 0.25) is 0 Å². The topological polar surface area (TPSA) is 65.0 Å². The van der Waals surface area contributed by atoms with Gasteiger partial charge in [-0.05, 0) is 85.9 Å². The molecule has 0 N–H and O–H groups in total. The van der Waals surface area contributed by atoms with Crippen LogP contribution in [0, 0.1) is 0 Å². The standard InChI is InChI=1S/C51H29N3O2/c1-2-11-31-26-33(24-22-30(31)10-1)49-52-50(34-25-23-32-28-43-39-12-3-5-19-44(39)56-47(43)29-35(32)27-34)54-51(53-49)41-18-8-14-36-37(15-7-16-38(36)41)40-17-9-21-46-48(40)42-13-4-6-20-45(42)55-46/h1-29H. The Morgan fingerprint density at radius 2 is 0.821 bits per heavy atom. The maximum atomic E-state index is 6.29. The molecule has 260 valence electrons. The highest BCUT2D eigenvalue weighted by Gasteiger charge is 2.19. The van der Waals surface area contributed by atoms with Crippen molar-refractivity contribution in [2.75, 3.05) is 0 Å². The van der Waals surface area contributed by atoms with Gasteiger partial charge in [-0.1, -0.05) is 133 Å². The zero-order valence-corrected chi connectivity index (χ0v) is 29.9. The molecule has 3 aromatic heterocycles. The molecule has 0 bridgehead atoms. The first-order valence-corrected chi connectivity index (χ1v) is 18.8. The van der Waals surface area contributed by atoms with E-state index in [0.29, 0.717) is 17.5 Å². The van der Waals surface area contributed by atoms with Crippen LogP contribution in [-0.2, 0) is 0 Å². The minimum absolute atomic E-state index is 0.604. The van der Waals surface area contributed by atoms with Gasteiger partial charge in [-0.25, -0.2) is 15.0 Å². The predicted molar refractivity (Wildman–Crippen MR) is 229 cm³/mol. The van der Waals surface area contributed by atoms with Crippen LogP contribution in [0.3, 0.4) is 0 Å². The maximum absolute atomic E-state index is 6.29. The lowest BCUT2D eigenvalue weighted by molar-refractivity contribution is 0.669. The van der Waals surface area contributed by atoms with E-state index in [2.05, 4.69) is 146 Å². The highest BCUT2D eigenvalue weighted by Crippen LogP contribution is 2.41. The third kappa shape index (κ3) is 4.78. The fourth-order valence-electron chi connectivity index (χ4n) is 8.43. The molecule has 0 spiro atoms. The van der Waals surface area contributed by atoms with E-state index < -0.39 is 0 Å². The van der Waals surface area contributed by atoms with Gasteiger partial charge in [0.2, 0.25) is 0 Å². The van der Waals surface area contributed by atoms with Crippen LogP contribution in [0.4, 0.5) is 0 Å². The number of nitrogens with zero attached hydrogens (tertiary/aromatic N) is 3. The smallest absolute Gasteiger partial charge is 0.164 e. The number of fused-ring (bicyclic) bond motifs is 9. The average Bonchev–Trinajstić information content (AvgIpc) is 3.82. The van der Waals surface area contributed by atoms with E-state index in [1.165, 1.54) is 5.39 Å². The van der Waals surface area contributed by atoms with Crippen molar-refractivity contribution in [2.24, 2.45) is 0 Å². The minimum Gasteiger partial charge on any atom is -0.456 e. The summed E-state index contributed by atoms with van der Waals surface area (Å²) in [7, 11) is 0. The van der Waals surface area contributed by atoms with Crippen molar-refractivity contribution in [1.29, 1.82) is 0 Å². The van der Waals surface area contributed by atoms with Gasteiger partial charge in [-0.2, -0.15) is 0 Å². The Morgan fingerprint density at radius 1 is 0.286 bits per heavy atom. The Hall–Kier alpha value is -7.63. The fourth-order valence-corrected chi connectivity index (χ4v) is 8.43. The van der Waals surface area contributed by atoms with Crippen LogP contribution in [0.5, 0.6) is 0 Å². The molecule has 9 aromatic carbocycles. The zero-order chi connectivity index (χ0) is 36.7. The van der Waals surface area contributed by atoms with E-state index >= 15 is 0 Å². The molecule has 0 aliphatic rings. The Morgan fingerprint density at radius 3 is 1.64 bits per heavy atom. The monoisotopic (exact) mass is 715 g/mol. The lowest BCUT2D eigenvalue weighted by Crippen LogP contribution is -2.01. The molecule has 56 heavy (non-hydrogen) atoms. The summed E-state index contributed by atoms with van der Waals surface area (Å²) in [4.78, 5) is 15.6. The molecule has 0 saturated carbocycles. The molecule has 12 aromatic rings. The largest absolute Gasteiger partial charge is 0.456 e. The van der Waals surface area contributed by atoms with E-state index in [0.717, 1.165) is 98.6 Å². The lowest BCUT2D eigenvalue weighted by atomic mass is 9.93. The molecule has 5 nitrogen and oxygen atoms in total. The zero-order valence-electron chi connectivity index (χ0n) is 29.9. The van der Waals surface area contributed by atoms with E-state index in [1.807, 2.05) is 30.3 Å². The molecule has 0 saturated heterocycles. The first-order valence-electron chi connectivity index (χ1n) is 18.8. The number of hydrogen-bond donors (Lipinski definition) is 0. The molecule has 0 radical (unpaired) electrons. The van der Waals surface area contributed by atoms with E-state index in [1.54, 1.807) is 0 Å². The van der Waals surface area contributed by atoms with Gasteiger partial charge in [0.05, 0.1) is 0 Å². The average molecular weight is 716 g/mol. The molecule has 0 aliphatic carbocycles. The molecule has 0 fully saturated rings. The van der Waals surface area contributed by atoms with Crippen molar-refractivity contribution in [3.05, 3.63) is 176 Å². The van der Waals surface area contributed by atoms with Gasteiger partial charge in [0.1, 0.15) is 22.3 Å². The van der Waals surface area contributed by atoms with Gasteiger partial charge in [0.15, 0.2) is 17.5 Å². The molecule has 0 atom stereocenters. The van der Waals surface area contributed by atoms with Gasteiger partial charge < -0.3 is 8.83 Å². The second kappa shape index (κ2) is 11.9. The van der Waals surface area contributed by atoms with Gasteiger partial charge in [0.25, 0.3) is 0 Å². The fraction of sp³-hybridized carbons (Fsp3) is 0. The minimum atomic E-state index is 0.604. The Bertz CT molecular complexity index is 3560. The Kier molecular flexibility index (Phi) is 6.56. The van der Waals surface area contributed by atoms with E-state index in [-0.39, 0.29) is 0 Å². The number of hydrogen-bond acceptors (Lipinski definition) is 5. The molecular formula is C51H29N3O2. The third-order valence-corrected chi connectivity index (χ3v) is 11.1. The second-order valence-corrected chi connectivity index (χ2v) is 14.4. The first-order chi connectivity index (χ1) is 27.7. The van der Waals surface area contributed by atoms with E-state index in [4.69, 9.17) is 23.8 Å². The number of furan rings is 2. The number of aromatic nitrogens is 3. The summed E-state index contributed by atoms with van der Waals surface area (Å²) in [5.41, 5.74) is 8.50. The van der Waals surface area contributed by atoms with Gasteiger partial charge in [0, 0.05) is 38.2 Å². The molecule has 0 amide bonds. The van der Waals surface area contributed by atoms with Crippen molar-refractivity contribution >= 4 is 76.2 Å². The molecule has 12 rings (SSSR count). The molecular weight excluding hydrogens is 687 g/mol. The SMILES string of the molecule is c1ccc2cc(-c3nc(-c4ccc5cc6c(cc5c4)oc4ccccc46)nc(-c4cccc5c(-c6cccc7oc8ccccc8c67)cccc45)n3)ccc2c1. The van der Waals surface area contributed by atoms with Gasteiger partial charge in [-0.3, -0.25) is 0 Å². The summed E-state index contributed by atoms with van der Waals surface area (Å²) >= 11 is 0. The van der Waals surface area contributed by atoms with Crippen LogP contribution < -0.4 is 0 Å². The molecule has 0 aliphatic heterocycles. The molecule has 0 unspecified atom stereocenters. The number of benzene rings is 9. The Labute approximate surface area is 320 Å². The third-order valence-electron chi connectivity index (χ3n) is 11.1. The van der Waals surface area contributed by atoms with Crippen LogP contribution >= 0.6 is 0 Å². The van der Waals surface area contributed by atoms with Crippen molar-refractivity contribution < 1.29 is 8.83 Å². The van der Waals surface area contributed by atoms with E-state index in [9.17, 15) is 0 Å². The summed E-state index contributed by atoms with van der Waals surface area (Å²) in [6, 6.07) is 61.1. The second-order valence-electron chi connectivity index (χ2n) is 14.4. The van der Waals surface area contributed by atoms with Crippen LogP contribution in [0.1, 0.15) is 0 Å². The maximum Gasteiger partial charge on any atom is 0.164 e. The van der Waals surface area contributed by atoms with Gasteiger partial charge >= 0.3 is 0 Å². The quantitative estimate of drug-likeness (QED) is 0.181. The number of rotatable bonds is 4. The van der Waals surface area contributed by atoms with Crippen LogP contribution in [0.15, 0.2) is 185 Å². The Balaban J connectivity index is 1.07. The summed E-state index contributed by atoms with van der Waals surface area (Å²) < 4.78 is 12.6. The van der Waals surface area contributed by atoms with Crippen molar-refractivity contribution in [3.63, 3.8) is 0 Å². The normalized spacial score (nSPS) is 11.9. The van der Waals surface area contributed by atoms with Gasteiger partial charge in [-0.15, -0.1) is 0 Å². The predicted octanol–water partition coefficient (Wildman–Crippen LogP) is 13.8. The van der Waals surface area contributed by atoms with Crippen molar-refractivity contribution in [1.82, 2.24) is 15.0 Å². The van der Waals surface area contributed by atoms with Crippen molar-refractivity contribution in [3.8, 4) is 45.3 Å². The molecule has 5 heteroatoms. The summed E-state index contributed by atoms with van der Waals surface area (Å²) in [6.45, 7) is 0. The lowest BCUT2D eigenvalue weighted by Gasteiger charge is -2.13. The van der Waals surface area contributed by atoms with Crippen LogP contribution in [-0.4, -0.2) is 15.0 Å². The number of para-hydroxylation sites is 2. The first kappa shape index (κ1) is 30.8. The summed E-state index contributed by atoms with van der Waals surface area (Å²) in [5, 5.41) is 11.1. The summed E-state index contributed by atoms with van der Waals surface area (Å²) in [5.74, 6) is 1.83. The van der Waals surface area contributed by atoms with Crippen molar-refractivity contribution in [2.45, 2.75) is 0 Å².